The van der Waals surface area contributed by atoms with E-state index < -0.39 is 24.2 Å². The van der Waals surface area contributed by atoms with Gasteiger partial charge in [0.05, 0.1) is 13.2 Å². The van der Waals surface area contributed by atoms with Gasteiger partial charge in [0.1, 0.15) is 6.61 Å². The van der Waals surface area contributed by atoms with Crippen molar-refractivity contribution in [3.63, 3.8) is 0 Å². The highest BCUT2D eigenvalue weighted by atomic mass is 16.5. The van der Waals surface area contributed by atoms with E-state index in [2.05, 4.69) is 10.3 Å². The maximum atomic E-state index is 12.6. The van der Waals surface area contributed by atoms with Crippen LogP contribution in [-0.4, -0.2) is 47.1 Å². The number of fused-ring (bicyclic) bond motifs is 3. The quantitative estimate of drug-likeness (QED) is 0.523. The zero-order valence-electron chi connectivity index (χ0n) is 17.3. The van der Waals surface area contributed by atoms with Gasteiger partial charge in [-0.2, -0.15) is 0 Å². The van der Waals surface area contributed by atoms with Crippen LogP contribution < -0.4 is 10.1 Å². The van der Waals surface area contributed by atoms with E-state index in [1.54, 1.807) is 0 Å². The molecular weight excluding hydrogens is 412 g/mol. The minimum absolute atomic E-state index is 0.0661. The second-order valence-corrected chi connectivity index (χ2v) is 7.36. The minimum Gasteiger partial charge on any atom is -0.481 e. The summed E-state index contributed by atoms with van der Waals surface area (Å²) in [6.07, 6.45) is -1.39. The summed E-state index contributed by atoms with van der Waals surface area (Å²) in [6.45, 7) is 0.0661. The Labute approximate surface area is 184 Å². The summed E-state index contributed by atoms with van der Waals surface area (Å²) in [5, 5.41) is 21.8. The van der Waals surface area contributed by atoms with Crippen molar-refractivity contribution < 1.29 is 29.3 Å². The summed E-state index contributed by atoms with van der Waals surface area (Å²) in [4.78, 5) is 28.0. The summed E-state index contributed by atoms with van der Waals surface area (Å²) in [5.41, 5.74) is 4.61. The van der Waals surface area contributed by atoms with Crippen LogP contribution in [0.3, 0.4) is 0 Å². The molecule has 0 bridgehead atoms. The Hall–Kier alpha value is -3.91. The molecule has 8 heteroatoms. The van der Waals surface area contributed by atoms with Crippen molar-refractivity contribution in [2.75, 3.05) is 13.7 Å². The lowest BCUT2D eigenvalue weighted by molar-refractivity contribution is -0.148. The number of benzene rings is 2. The summed E-state index contributed by atoms with van der Waals surface area (Å²) in [6, 6.07) is 17.7. The zero-order valence-corrected chi connectivity index (χ0v) is 17.3. The monoisotopic (exact) mass is 434 g/mol. The van der Waals surface area contributed by atoms with Gasteiger partial charge in [-0.3, -0.25) is 0 Å². The molecule has 164 valence electrons. The second kappa shape index (κ2) is 9.07. The van der Waals surface area contributed by atoms with Crippen molar-refractivity contribution in [3.05, 3.63) is 83.6 Å². The van der Waals surface area contributed by atoms with Crippen LogP contribution in [0.2, 0.25) is 0 Å². The van der Waals surface area contributed by atoms with Crippen LogP contribution in [0.15, 0.2) is 66.9 Å². The molecule has 1 aromatic heterocycles. The van der Waals surface area contributed by atoms with Crippen LogP contribution in [0.4, 0.5) is 4.79 Å². The Morgan fingerprint density at radius 1 is 1.03 bits per heavy atom. The van der Waals surface area contributed by atoms with Gasteiger partial charge in [0.2, 0.25) is 5.88 Å². The highest BCUT2D eigenvalue weighted by molar-refractivity contribution is 5.79. The highest BCUT2D eigenvalue weighted by Gasteiger charge is 2.32. The van der Waals surface area contributed by atoms with Crippen molar-refractivity contribution in [2.45, 2.75) is 18.1 Å². The average Bonchev–Trinajstić information content (AvgIpc) is 3.14. The van der Waals surface area contributed by atoms with Crippen LogP contribution >= 0.6 is 0 Å². The van der Waals surface area contributed by atoms with Crippen molar-refractivity contribution >= 4 is 12.1 Å². The smallest absolute Gasteiger partial charge is 0.407 e. The first-order valence-electron chi connectivity index (χ1n) is 10.0. The molecule has 1 amide bonds. The predicted molar refractivity (Wildman–Crippen MR) is 115 cm³/mol. The van der Waals surface area contributed by atoms with Crippen LogP contribution in [0, 0.1) is 0 Å². The SMILES string of the molecule is COc1ccc([C@H](NC(=O)OCC2c3ccccc3-c3ccccc32)[C@H](O)C(=O)O)cn1. The van der Waals surface area contributed by atoms with Gasteiger partial charge in [0.25, 0.3) is 0 Å². The van der Waals surface area contributed by atoms with Crippen molar-refractivity contribution in [1.29, 1.82) is 0 Å². The number of ether oxygens (including phenoxy) is 2. The Bertz CT molecular complexity index is 1090. The van der Waals surface area contributed by atoms with E-state index in [0.29, 0.717) is 11.4 Å². The number of carboxylic acid groups (broad SMARTS) is 1. The van der Waals surface area contributed by atoms with Gasteiger partial charge in [-0.1, -0.05) is 48.5 Å². The highest BCUT2D eigenvalue weighted by Crippen LogP contribution is 2.44. The number of amides is 1. The van der Waals surface area contributed by atoms with Gasteiger partial charge < -0.3 is 25.0 Å². The molecule has 1 aliphatic rings. The number of alkyl carbamates (subject to hydrolysis) is 1. The maximum absolute atomic E-state index is 12.6. The van der Waals surface area contributed by atoms with Crippen LogP contribution in [-0.2, 0) is 9.53 Å². The fourth-order valence-electron chi connectivity index (χ4n) is 3.95. The van der Waals surface area contributed by atoms with Gasteiger partial charge in [0.15, 0.2) is 6.10 Å². The first-order valence-corrected chi connectivity index (χ1v) is 10.0. The number of aliphatic carboxylic acids is 1. The normalized spacial score (nSPS) is 14.1. The maximum Gasteiger partial charge on any atom is 0.407 e. The fourth-order valence-corrected chi connectivity index (χ4v) is 3.95. The third kappa shape index (κ3) is 4.13. The van der Waals surface area contributed by atoms with E-state index in [-0.39, 0.29) is 12.5 Å². The number of aliphatic hydroxyl groups is 1. The summed E-state index contributed by atoms with van der Waals surface area (Å²) >= 11 is 0. The third-order valence-corrected chi connectivity index (χ3v) is 5.51. The topological polar surface area (TPSA) is 118 Å². The Morgan fingerprint density at radius 2 is 1.66 bits per heavy atom. The molecule has 4 rings (SSSR count). The molecule has 0 saturated heterocycles. The fraction of sp³-hybridized carbons (Fsp3) is 0.208. The zero-order chi connectivity index (χ0) is 22.7. The Balaban J connectivity index is 1.50. The van der Waals surface area contributed by atoms with E-state index in [1.807, 2.05) is 48.5 Å². The number of aliphatic hydroxyl groups excluding tert-OH is 1. The molecule has 0 spiro atoms. The van der Waals surface area contributed by atoms with Crippen molar-refractivity contribution in [2.24, 2.45) is 0 Å². The van der Waals surface area contributed by atoms with Gasteiger partial charge >= 0.3 is 12.1 Å². The molecule has 0 aliphatic heterocycles. The summed E-state index contributed by atoms with van der Waals surface area (Å²) < 4.78 is 10.5. The molecule has 3 N–H and O–H groups in total. The van der Waals surface area contributed by atoms with Crippen LogP contribution in [0.1, 0.15) is 28.7 Å². The third-order valence-electron chi connectivity index (χ3n) is 5.51. The van der Waals surface area contributed by atoms with Gasteiger partial charge in [-0.25, -0.2) is 14.6 Å². The van der Waals surface area contributed by atoms with Crippen molar-refractivity contribution in [3.8, 4) is 17.0 Å². The number of aromatic nitrogens is 1. The minimum atomic E-state index is -1.88. The van der Waals surface area contributed by atoms with E-state index >= 15 is 0 Å². The van der Waals surface area contributed by atoms with Gasteiger partial charge in [-0.15, -0.1) is 0 Å². The number of carboxylic acids is 1. The number of nitrogens with one attached hydrogen (secondary N) is 1. The molecule has 2 atom stereocenters. The average molecular weight is 434 g/mol. The van der Waals surface area contributed by atoms with E-state index in [4.69, 9.17) is 9.47 Å². The van der Waals surface area contributed by atoms with E-state index in [0.717, 1.165) is 22.3 Å². The number of pyridine rings is 1. The van der Waals surface area contributed by atoms with Crippen LogP contribution in [0.25, 0.3) is 11.1 Å². The lowest BCUT2D eigenvalue weighted by Crippen LogP contribution is -2.40. The number of carbonyl (C=O) groups is 2. The second-order valence-electron chi connectivity index (χ2n) is 7.36. The number of rotatable bonds is 7. The summed E-state index contributed by atoms with van der Waals surface area (Å²) in [5.74, 6) is -1.30. The first kappa shape index (κ1) is 21.3. The first-order chi connectivity index (χ1) is 15.5. The number of hydrogen-bond acceptors (Lipinski definition) is 6. The molecular formula is C24H22N2O6. The van der Waals surface area contributed by atoms with E-state index in [1.165, 1.54) is 25.4 Å². The predicted octanol–water partition coefficient (Wildman–Crippen LogP) is 3.12. The molecule has 3 aromatic rings. The number of carbonyl (C=O) groups excluding carboxylic acids is 1. The van der Waals surface area contributed by atoms with Crippen LogP contribution in [0.5, 0.6) is 5.88 Å². The molecule has 0 fully saturated rings. The number of nitrogens with zero attached hydrogens (tertiary/aromatic N) is 1. The molecule has 2 aromatic carbocycles. The molecule has 1 aliphatic carbocycles. The standard InChI is InChI=1S/C24H22N2O6/c1-31-20-11-10-14(12-25-20)21(22(27)23(28)29)26-24(30)32-13-19-17-8-4-2-6-15(17)16-7-3-5-9-18(16)19/h2-12,19,21-22,27H,13H2,1H3,(H,26,30)(H,28,29)/t21-,22-/m0/s1. The molecule has 1 heterocycles. The van der Waals surface area contributed by atoms with Crippen molar-refractivity contribution in [1.82, 2.24) is 10.3 Å². The lowest BCUT2D eigenvalue weighted by atomic mass is 9.98. The number of hydrogen-bond donors (Lipinski definition) is 3. The number of methoxy groups -OCH3 is 1. The largest absolute Gasteiger partial charge is 0.481 e. The summed E-state index contributed by atoms with van der Waals surface area (Å²) in [7, 11) is 1.44. The van der Waals surface area contributed by atoms with Gasteiger partial charge in [0, 0.05) is 18.2 Å². The molecule has 0 radical (unpaired) electrons. The molecule has 0 unspecified atom stereocenters. The molecule has 32 heavy (non-hydrogen) atoms. The lowest BCUT2D eigenvalue weighted by Gasteiger charge is -2.22. The van der Waals surface area contributed by atoms with E-state index in [9.17, 15) is 19.8 Å². The Kier molecular flexibility index (Phi) is 6.04. The molecule has 8 nitrogen and oxygen atoms in total. The Morgan fingerprint density at radius 3 is 2.19 bits per heavy atom. The molecule has 0 saturated carbocycles. The van der Waals surface area contributed by atoms with Gasteiger partial charge in [-0.05, 0) is 33.9 Å².